The van der Waals surface area contributed by atoms with Gasteiger partial charge in [-0.1, -0.05) is 0 Å². The number of amides is 1. The van der Waals surface area contributed by atoms with Crippen LogP contribution < -0.4 is 5.69 Å². The maximum Gasteiger partial charge on any atom is 0.410 e. The molecule has 4 aromatic rings. The number of carbonyl (C=O) groups excluding carboxylic acids is 2. The summed E-state index contributed by atoms with van der Waals surface area (Å²) >= 11 is 0. The number of nitrogens with zero attached hydrogens (tertiary/aromatic N) is 5. The second-order valence-electron chi connectivity index (χ2n) is 11.1. The van der Waals surface area contributed by atoms with Crippen LogP contribution in [0.5, 0.6) is 0 Å². The molecule has 1 aliphatic heterocycles. The van der Waals surface area contributed by atoms with E-state index in [0.29, 0.717) is 52.4 Å². The Bertz CT molecular complexity index is 1650. The number of aryl methyl sites for hydroxylation is 2. The zero-order valence-electron chi connectivity index (χ0n) is 23.4. The average molecular weight is 546 g/mol. The summed E-state index contributed by atoms with van der Waals surface area (Å²) in [5, 5.41) is 4.88. The number of fused-ring (bicyclic) bond motifs is 1. The van der Waals surface area contributed by atoms with E-state index in [1.165, 1.54) is 9.13 Å². The number of aromatic nitrogens is 4. The van der Waals surface area contributed by atoms with Crippen LogP contribution in [0.15, 0.2) is 53.6 Å². The molecule has 3 heterocycles. The van der Waals surface area contributed by atoms with E-state index in [1.807, 2.05) is 27.7 Å². The molecular weight excluding hydrogens is 513 g/mol. The lowest BCUT2D eigenvalue weighted by Crippen LogP contribution is -2.42. The second-order valence-corrected chi connectivity index (χ2v) is 11.1. The Labute approximate surface area is 231 Å². The molecule has 0 N–H and O–H groups in total. The Morgan fingerprint density at radius 1 is 1.05 bits per heavy atom. The van der Waals surface area contributed by atoms with Crippen molar-refractivity contribution in [1.82, 2.24) is 23.8 Å². The van der Waals surface area contributed by atoms with Crippen molar-refractivity contribution in [3.63, 3.8) is 0 Å². The number of carbonyl (C=O) groups is 2. The largest absolute Gasteiger partial charge is 0.444 e. The fourth-order valence-electron chi connectivity index (χ4n) is 5.13. The molecule has 0 unspecified atom stereocenters. The normalized spacial score (nSPS) is 15.2. The third kappa shape index (κ3) is 4.74. The molecule has 1 aliphatic rings. The molecule has 0 saturated heterocycles. The molecule has 9 nitrogen and oxygen atoms in total. The topological polar surface area (TPSA) is 91.4 Å². The lowest BCUT2D eigenvalue weighted by Gasteiger charge is -2.34. The van der Waals surface area contributed by atoms with Crippen LogP contribution in [0.2, 0.25) is 0 Å². The van der Waals surface area contributed by atoms with Gasteiger partial charge in [-0.15, -0.1) is 0 Å². The van der Waals surface area contributed by atoms with E-state index in [1.54, 1.807) is 72.2 Å². The van der Waals surface area contributed by atoms with Crippen LogP contribution in [-0.4, -0.2) is 48.3 Å². The highest BCUT2D eigenvalue weighted by Crippen LogP contribution is 2.36. The van der Waals surface area contributed by atoms with Gasteiger partial charge in [0.1, 0.15) is 23.5 Å². The van der Waals surface area contributed by atoms with Crippen LogP contribution in [0.4, 0.5) is 9.18 Å². The monoisotopic (exact) mass is 545 g/mol. The third-order valence-corrected chi connectivity index (χ3v) is 7.05. The predicted octanol–water partition coefficient (Wildman–Crippen LogP) is 5.24. The summed E-state index contributed by atoms with van der Waals surface area (Å²) in [7, 11) is 0. The molecule has 1 amide bonds. The zero-order chi connectivity index (χ0) is 28.9. The summed E-state index contributed by atoms with van der Waals surface area (Å²) in [5.74, 6) is 0.170. The Morgan fingerprint density at radius 3 is 2.27 bits per heavy atom. The van der Waals surface area contributed by atoms with Crippen LogP contribution in [0.1, 0.15) is 66.5 Å². The Kier molecular flexibility index (Phi) is 6.73. The van der Waals surface area contributed by atoms with Crippen molar-refractivity contribution in [2.45, 2.75) is 59.6 Å². The van der Waals surface area contributed by atoms with E-state index in [-0.39, 0.29) is 11.5 Å². The van der Waals surface area contributed by atoms with Gasteiger partial charge in [0, 0.05) is 36.5 Å². The van der Waals surface area contributed by atoms with Crippen LogP contribution >= 0.6 is 0 Å². The predicted molar refractivity (Wildman–Crippen MR) is 148 cm³/mol. The maximum absolute atomic E-state index is 14.6. The van der Waals surface area contributed by atoms with Crippen LogP contribution in [0.3, 0.4) is 0 Å². The lowest BCUT2D eigenvalue weighted by molar-refractivity contribution is 0.0159. The molecule has 0 bridgehead atoms. The van der Waals surface area contributed by atoms with Gasteiger partial charge in [-0.25, -0.2) is 18.7 Å². The quantitative estimate of drug-likeness (QED) is 0.327. The molecule has 0 saturated carbocycles. The number of halogens is 1. The highest BCUT2D eigenvalue weighted by Gasteiger charge is 2.37. The number of benzene rings is 2. The van der Waals surface area contributed by atoms with Gasteiger partial charge in [-0.2, -0.15) is 5.10 Å². The molecule has 10 heteroatoms. The summed E-state index contributed by atoms with van der Waals surface area (Å²) in [6, 6.07) is 9.62. The summed E-state index contributed by atoms with van der Waals surface area (Å²) < 4.78 is 24.8. The standard InChI is InChI=1S/C30H32FN5O4/c1-18-15-23(16-19(2)26(18)31)36-27(35-14-13-34(28(35)38)22-9-7-21(17-37)8-10-22)25-20(3)33(12-11-24(25)32-36)29(39)40-30(4,5)6/h7-10,13-17,20H,11-12H2,1-6H3/t20-/m0/s1. The molecule has 0 aliphatic carbocycles. The first-order chi connectivity index (χ1) is 18.9. The first-order valence-corrected chi connectivity index (χ1v) is 13.1. The minimum atomic E-state index is -0.666. The van der Waals surface area contributed by atoms with Crippen molar-refractivity contribution in [3.8, 4) is 17.2 Å². The van der Waals surface area contributed by atoms with Crippen molar-refractivity contribution < 1.29 is 18.7 Å². The number of hydrogen-bond acceptors (Lipinski definition) is 5. The SMILES string of the molecule is Cc1cc(-n2nc3c(c2-n2ccn(-c4ccc(C=O)cc4)c2=O)[C@H](C)N(C(=O)OC(C)(C)C)CC3)cc(C)c1F. The summed E-state index contributed by atoms with van der Waals surface area (Å²) in [5.41, 5.74) is 3.04. The highest BCUT2D eigenvalue weighted by atomic mass is 19.1. The van der Waals surface area contributed by atoms with Gasteiger partial charge < -0.3 is 9.64 Å². The highest BCUT2D eigenvalue weighted by molar-refractivity contribution is 5.75. The molecule has 0 radical (unpaired) electrons. The minimum absolute atomic E-state index is 0.297. The fourth-order valence-corrected chi connectivity index (χ4v) is 5.13. The first kappa shape index (κ1) is 27.1. The van der Waals surface area contributed by atoms with Gasteiger partial charge in [0.05, 0.1) is 23.1 Å². The number of ether oxygens (including phenoxy) is 1. The Balaban J connectivity index is 1.70. The molecule has 5 rings (SSSR count). The average Bonchev–Trinajstić information content (AvgIpc) is 3.46. The molecular formula is C30H32FN5O4. The van der Waals surface area contributed by atoms with Gasteiger partial charge in [-0.05, 0) is 89.1 Å². The number of aldehydes is 1. The molecule has 40 heavy (non-hydrogen) atoms. The van der Waals surface area contributed by atoms with E-state index < -0.39 is 17.7 Å². The van der Waals surface area contributed by atoms with Crippen LogP contribution in [0, 0.1) is 19.7 Å². The zero-order valence-corrected chi connectivity index (χ0v) is 23.4. The third-order valence-electron chi connectivity index (χ3n) is 7.05. The molecule has 2 aromatic carbocycles. The van der Waals surface area contributed by atoms with E-state index in [0.717, 1.165) is 12.0 Å². The van der Waals surface area contributed by atoms with E-state index >= 15 is 0 Å². The Morgan fingerprint density at radius 2 is 1.68 bits per heavy atom. The summed E-state index contributed by atoms with van der Waals surface area (Å²) in [6.45, 7) is 11.1. The van der Waals surface area contributed by atoms with Gasteiger partial charge in [0.2, 0.25) is 0 Å². The van der Waals surface area contributed by atoms with E-state index in [9.17, 15) is 18.8 Å². The fraction of sp³-hybridized carbons (Fsp3) is 0.333. The van der Waals surface area contributed by atoms with Gasteiger partial charge in [0.25, 0.3) is 0 Å². The van der Waals surface area contributed by atoms with Crippen molar-refractivity contribution in [1.29, 1.82) is 0 Å². The molecule has 1 atom stereocenters. The smallest absolute Gasteiger partial charge is 0.410 e. The number of rotatable bonds is 4. The van der Waals surface area contributed by atoms with Crippen molar-refractivity contribution in [2.75, 3.05) is 6.54 Å². The lowest BCUT2D eigenvalue weighted by atomic mass is 10.00. The van der Waals surface area contributed by atoms with E-state index in [2.05, 4.69) is 0 Å². The van der Waals surface area contributed by atoms with E-state index in [4.69, 9.17) is 9.84 Å². The molecule has 0 spiro atoms. The van der Waals surface area contributed by atoms with Gasteiger partial charge >= 0.3 is 11.8 Å². The van der Waals surface area contributed by atoms with Crippen LogP contribution in [-0.2, 0) is 11.2 Å². The van der Waals surface area contributed by atoms with Crippen LogP contribution in [0.25, 0.3) is 17.2 Å². The van der Waals surface area contributed by atoms with Crippen molar-refractivity contribution >= 4 is 12.4 Å². The molecule has 0 fully saturated rings. The first-order valence-electron chi connectivity index (χ1n) is 13.1. The number of imidazole rings is 1. The Hall–Kier alpha value is -4.47. The van der Waals surface area contributed by atoms with Crippen molar-refractivity contribution in [2.24, 2.45) is 0 Å². The molecule has 208 valence electrons. The van der Waals surface area contributed by atoms with Gasteiger partial charge in [-0.3, -0.25) is 13.9 Å². The summed E-state index contributed by atoms with van der Waals surface area (Å²) in [4.78, 5) is 39.7. The minimum Gasteiger partial charge on any atom is -0.444 e. The van der Waals surface area contributed by atoms with Gasteiger partial charge in [0.15, 0.2) is 0 Å². The van der Waals surface area contributed by atoms with Crippen molar-refractivity contribution in [3.05, 3.63) is 93.0 Å². The molecule has 2 aromatic heterocycles. The maximum atomic E-state index is 14.6. The second kappa shape index (κ2) is 9.93. The number of hydrogen-bond donors (Lipinski definition) is 0. The summed E-state index contributed by atoms with van der Waals surface area (Å²) in [6.07, 6.45) is 4.04.